The van der Waals surface area contributed by atoms with Gasteiger partial charge in [0.05, 0.1) is 17.7 Å². The van der Waals surface area contributed by atoms with Crippen molar-refractivity contribution in [3.63, 3.8) is 0 Å². The van der Waals surface area contributed by atoms with Crippen molar-refractivity contribution in [2.75, 3.05) is 6.73 Å². The van der Waals surface area contributed by atoms with Crippen molar-refractivity contribution in [3.8, 4) is 0 Å². The first-order valence-corrected chi connectivity index (χ1v) is 7.93. The fourth-order valence-corrected chi connectivity index (χ4v) is 4.17. The second kappa shape index (κ2) is 4.89. The quantitative estimate of drug-likeness (QED) is 0.903. The second-order valence-electron chi connectivity index (χ2n) is 6.08. The summed E-state index contributed by atoms with van der Waals surface area (Å²) in [6.45, 7) is 8.18. The van der Waals surface area contributed by atoms with Gasteiger partial charge in [-0.25, -0.2) is 8.42 Å². The summed E-state index contributed by atoms with van der Waals surface area (Å²) in [6, 6.07) is 6.94. The van der Waals surface area contributed by atoms with Crippen molar-refractivity contribution < 1.29 is 13.2 Å². The van der Waals surface area contributed by atoms with Crippen molar-refractivity contribution in [2.45, 2.75) is 44.1 Å². The molecule has 0 amide bonds. The van der Waals surface area contributed by atoms with Gasteiger partial charge in [0.15, 0.2) is 9.84 Å². The summed E-state index contributed by atoms with van der Waals surface area (Å²) in [5.41, 5.74) is 0.813. The van der Waals surface area contributed by atoms with Crippen molar-refractivity contribution in [1.82, 2.24) is 5.32 Å². The van der Waals surface area contributed by atoms with E-state index >= 15 is 0 Å². The van der Waals surface area contributed by atoms with E-state index in [1.807, 2.05) is 39.8 Å². The molecule has 1 aromatic carbocycles. The van der Waals surface area contributed by atoms with Crippen molar-refractivity contribution in [3.05, 3.63) is 29.8 Å². The van der Waals surface area contributed by atoms with Crippen LogP contribution in [0.25, 0.3) is 0 Å². The van der Waals surface area contributed by atoms with E-state index in [9.17, 15) is 8.42 Å². The average molecular weight is 283 g/mol. The number of aryl methyl sites for hydroxylation is 1. The predicted octanol–water partition coefficient (Wildman–Crippen LogP) is 2.09. The van der Waals surface area contributed by atoms with Crippen LogP contribution in [0.4, 0.5) is 0 Å². The van der Waals surface area contributed by atoms with Gasteiger partial charge in [0, 0.05) is 0 Å². The minimum absolute atomic E-state index is 0.230. The van der Waals surface area contributed by atoms with E-state index in [2.05, 4.69) is 5.32 Å². The molecule has 0 radical (unpaired) electrons. The zero-order chi connectivity index (χ0) is 14.3. The molecular weight excluding hydrogens is 262 g/mol. The van der Waals surface area contributed by atoms with E-state index in [0.29, 0.717) is 4.90 Å². The summed E-state index contributed by atoms with van der Waals surface area (Å²) in [5, 5.41) is 2.27. The molecule has 0 saturated carbocycles. The van der Waals surface area contributed by atoms with Crippen LogP contribution in [-0.4, -0.2) is 26.6 Å². The van der Waals surface area contributed by atoms with Gasteiger partial charge >= 0.3 is 0 Å². The van der Waals surface area contributed by atoms with Crippen molar-refractivity contribution in [2.24, 2.45) is 5.41 Å². The lowest BCUT2D eigenvalue weighted by atomic mass is 9.89. The largest absolute Gasteiger partial charge is 0.360 e. The Hall–Kier alpha value is -0.910. The fraction of sp³-hybridized carbons (Fsp3) is 0.571. The van der Waals surface area contributed by atoms with E-state index in [-0.39, 0.29) is 18.2 Å². The van der Waals surface area contributed by atoms with Gasteiger partial charge in [-0.2, -0.15) is 0 Å². The summed E-state index contributed by atoms with van der Waals surface area (Å²) in [6.07, 6.45) is -0.348. The molecule has 1 N–H and O–H groups in total. The molecule has 1 heterocycles. The number of ether oxygens (including phenoxy) is 1. The van der Waals surface area contributed by atoms with Gasteiger partial charge in [0.1, 0.15) is 5.37 Å². The van der Waals surface area contributed by atoms with Crippen LogP contribution >= 0.6 is 0 Å². The summed E-state index contributed by atoms with van der Waals surface area (Å²) in [5.74, 6) is 0. The summed E-state index contributed by atoms with van der Waals surface area (Å²) in [7, 11) is -3.42. The average Bonchev–Trinajstić information content (AvgIpc) is 2.78. The third-order valence-corrected chi connectivity index (χ3v) is 5.37. The molecule has 2 rings (SSSR count). The first-order valence-electron chi connectivity index (χ1n) is 6.38. The Morgan fingerprint density at radius 3 is 2.32 bits per heavy atom. The number of benzene rings is 1. The van der Waals surface area contributed by atoms with Crippen molar-refractivity contribution in [1.29, 1.82) is 0 Å². The molecule has 0 spiro atoms. The lowest BCUT2D eigenvalue weighted by molar-refractivity contribution is 0.0296. The number of hydrogen-bond acceptors (Lipinski definition) is 4. The maximum absolute atomic E-state index is 12.7. The number of hydrogen-bond donors (Lipinski definition) is 1. The number of rotatable bonds is 2. The van der Waals surface area contributed by atoms with Gasteiger partial charge in [-0.1, -0.05) is 38.5 Å². The highest BCUT2D eigenvalue weighted by molar-refractivity contribution is 7.92. The first-order chi connectivity index (χ1) is 8.73. The molecule has 0 aromatic heterocycles. The molecule has 1 aliphatic rings. The smallest absolute Gasteiger partial charge is 0.196 e. The molecule has 4 nitrogen and oxygen atoms in total. The molecular formula is C14H21NO3S. The summed E-state index contributed by atoms with van der Waals surface area (Å²) >= 11 is 0. The van der Waals surface area contributed by atoms with E-state index in [1.165, 1.54) is 0 Å². The SMILES string of the molecule is Cc1ccc(S(=O)(=O)[C@@H]2NCO[C@H]2C(C)(C)C)cc1. The Bertz CT molecular complexity index is 543. The van der Waals surface area contributed by atoms with Crippen LogP contribution in [0.1, 0.15) is 26.3 Å². The van der Waals surface area contributed by atoms with Crippen LogP contribution in [0, 0.1) is 12.3 Å². The highest BCUT2D eigenvalue weighted by atomic mass is 32.2. The Kier molecular flexibility index (Phi) is 3.73. The third-order valence-electron chi connectivity index (χ3n) is 3.36. The molecule has 106 valence electrons. The molecule has 1 saturated heterocycles. The van der Waals surface area contributed by atoms with E-state index in [4.69, 9.17) is 4.74 Å². The molecule has 0 aliphatic carbocycles. The van der Waals surface area contributed by atoms with Gasteiger partial charge in [0.2, 0.25) is 0 Å². The molecule has 0 bridgehead atoms. The van der Waals surface area contributed by atoms with Gasteiger partial charge in [-0.05, 0) is 24.5 Å². The molecule has 1 aromatic rings. The minimum Gasteiger partial charge on any atom is -0.360 e. The van der Waals surface area contributed by atoms with Gasteiger partial charge in [-0.15, -0.1) is 0 Å². The number of sulfone groups is 1. The van der Waals surface area contributed by atoms with E-state index in [1.54, 1.807) is 12.1 Å². The van der Waals surface area contributed by atoms with Gasteiger partial charge in [-0.3, -0.25) is 5.32 Å². The Morgan fingerprint density at radius 1 is 1.21 bits per heavy atom. The molecule has 1 fully saturated rings. The van der Waals surface area contributed by atoms with Crippen LogP contribution in [0.3, 0.4) is 0 Å². The van der Waals surface area contributed by atoms with Crippen LogP contribution in [-0.2, 0) is 14.6 Å². The van der Waals surface area contributed by atoms with Crippen molar-refractivity contribution >= 4 is 9.84 Å². The molecule has 19 heavy (non-hydrogen) atoms. The highest BCUT2D eigenvalue weighted by Crippen LogP contribution is 2.32. The standard InChI is InChI=1S/C14H21NO3S/c1-10-5-7-11(8-6-10)19(16,17)13-12(14(2,3)4)18-9-15-13/h5-8,12-13,15H,9H2,1-4H3/t12-,13+/m1/s1. The zero-order valence-corrected chi connectivity index (χ0v) is 12.6. The molecule has 5 heteroatoms. The monoisotopic (exact) mass is 283 g/mol. The van der Waals surface area contributed by atoms with Gasteiger partial charge < -0.3 is 4.74 Å². The topological polar surface area (TPSA) is 55.4 Å². The van der Waals surface area contributed by atoms with Gasteiger partial charge in [0.25, 0.3) is 0 Å². The predicted molar refractivity (Wildman–Crippen MR) is 74.5 cm³/mol. The normalized spacial score (nSPS) is 24.6. The highest BCUT2D eigenvalue weighted by Gasteiger charge is 2.44. The molecule has 2 atom stereocenters. The lowest BCUT2D eigenvalue weighted by Gasteiger charge is -2.30. The first kappa shape index (κ1) is 14.5. The fourth-order valence-electron chi connectivity index (χ4n) is 2.27. The number of nitrogens with one attached hydrogen (secondary N) is 1. The maximum atomic E-state index is 12.7. The van der Waals surface area contributed by atoms with Crippen LogP contribution in [0.2, 0.25) is 0 Å². The Morgan fingerprint density at radius 2 is 1.79 bits per heavy atom. The Labute approximate surface area is 115 Å². The van der Waals surface area contributed by atoms with Crippen LogP contribution in [0.5, 0.6) is 0 Å². The summed E-state index contributed by atoms with van der Waals surface area (Å²) in [4.78, 5) is 0.343. The summed E-state index contributed by atoms with van der Waals surface area (Å²) < 4.78 is 30.9. The Balaban J connectivity index is 2.37. The van der Waals surface area contributed by atoms with Crippen LogP contribution < -0.4 is 5.32 Å². The van der Waals surface area contributed by atoms with E-state index in [0.717, 1.165) is 5.56 Å². The lowest BCUT2D eigenvalue weighted by Crippen LogP contribution is -2.44. The molecule has 1 aliphatic heterocycles. The third kappa shape index (κ3) is 2.83. The van der Waals surface area contributed by atoms with Crippen LogP contribution in [0.15, 0.2) is 29.2 Å². The second-order valence-corrected chi connectivity index (χ2v) is 8.15. The van der Waals surface area contributed by atoms with E-state index < -0.39 is 15.2 Å². The minimum atomic E-state index is -3.42. The molecule has 0 unspecified atom stereocenters. The zero-order valence-electron chi connectivity index (χ0n) is 11.8. The maximum Gasteiger partial charge on any atom is 0.196 e.